The van der Waals surface area contributed by atoms with Crippen molar-refractivity contribution in [2.24, 2.45) is 11.8 Å². The number of hydrogen-bond acceptors (Lipinski definition) is 3. The molecular formula is C24H32Cl2N4O2. The van der Waals surface area contributed by atoms with Crippen molar-refractivity contribution in [1.82, 2.24) is 19.6 Å². The molecule has 1 N–H and O–H groups in total. The predicted molar refractivity (Wildman–Crippen MR) is 127 cm³/mol. The lowest BCUT2D eigenvalue weighted by molar-refractivity contribution is -0.137. The molecule has 2 aromatic rings. The number of fused-ring (bicyclic) bond motifs is 1. The van der Waals surface area contributed by atoms with Gasteiger partial charge in [-0.15, -0.1) is 23.2 Å². The Morgan fingerprint density at radius 3 is 2.72 bits per heavy atom. The van der Waals surface area contributed by atoms with Crippen molar-refractivity contribution in [2.75, 3.05) is 19.6 Å². The zero-order valence-corrected chi connectivity index (χ0v) is 19.9. The van der Waals surface area contributed by atoms with Gasteiger partial charge in [-0.3, -0.25) is 9.59 Å². The average Bonchev–Trinajstić information content (AvgIpc) is 3.28. The van der Waals surface area contributed by atoms with Crippen LogP contribution in [0.3, 0.4) is 0 Å². The average molecular weight is 479 g/mol. The van der Waals surface area contributed by atoms with Gasteiger partial charge in [0.2, 0.25) is 5.91 Å². The Morgan fingerprint density at radius 2 is 1.91 bits per heavy atom. The first kappa shape index (κ1) is 23.4. The summed E-state index contributed by atoms with van der Waals surface area (Å²) in [6, 6.07) is 3.65. The molecule has 1 saturated carbocycles. The van der Waals surface area contributed by atoms with Crippen molar-refractivity contribution in [3.8, 4) is 0 Å². The van der Waals surface area contributed by atoms with Crippen LogP contribution in [-0.4, -0.2) is 56.5 Å². The summed E-state index contributed by atoms with van der Waals surface area (Å²) in [7, 11) is 0. The third kappa shape index (κ3) is 5.76. The molecule has 6 nitrogen and oxygen atoms in total. The Bertz CT molecular complexity index is 926. The number of amides is 2. The second-order valence-electron chi connectivity index (χ2n) is 9.16. The number of nitrogens with zero attached hydrogens (tertiary/aromatic N) is 3. The maximum Gasteiger partial charge on any atom is 0.252 e. The number of pyridine rings is 1. The van der Waals surface area contributed by atoms with Gasteiger partial charge in [0.15, 0.2) is 0 Å². The van der Waals surface area contributed by atoms with Gasteiger partial charge in [-0.05, 0) is 56.6 Å². The number of likely N-dealkylation sites (tertiary alicyclic amines) is 1. The van der Waals surface area contributed by atoms with Gasteiger partial charge in [-0.1, -0.05) is 12.8 Å². The van der Waals surface area contributed by atoms with Gasteiger partial charge in [-0.2, -0.15) is 0 Å². The highest BCUT2D eigenvalue weighted by atomic mass is 35.5. The number of aromatic nitrogens is 2. The van der Waals surface area contributed by atoms with E-state index in [1.807, 2.05) is 21.6 Å². The van der Waals surface area contributed by atoms with Crippen LogP contribution in [0.1, 0.15) is 61.7 Å². The lowest BCUT2D eigenvalue weighted by atomic mass is 9.85. The zero-order valence-electron chi connectivity index (χ0n) is 18.4. The Kier molecular flexibility index (Phi) is 7.95. The van der Waals surface area contributed by atoms with Crippen LogP contribution in [0.2, 0.25) is 0 Å². The summed E-state index contributed by atoms with van der Waals surface area (Å²) in [6.45, 7) is 2.32. The quantitative estimate of drug-likeness (QED) is 0.470. The number of alkyl halides is 2. The third-order valence-electron chi connectivity index (χ3n) is 6.92. The number of piperidine rings is 1. The molecule has 1 aliphatic carbocycles. The summed E-state index contributed by atoms with van der Waals surface area (Å²) in [4.78, 5) is 31.4. The van der Waals surface area contributed by atoms with E-state index >= 15 is 0 Å². The first-order valence-electron chi connectivity index (χ1n) is 11.8. The van der Waals surface area contributed by atoms with E-state index in [-0.39, 0.29) is 28.5 Å². The van der Waals surface area contributed by atoms with E-state index in [1.165, 1.54) is 0 Å². The van der Waals surface area contributed by atoms with Gasteiger partial charge in [-0.25, -0.2) is 4.98 Å². The van der Waals surface area contributed by atoms with Gasteiger partial charge >= 0.3 is 0 Å². The summed E-state index contributed by atoms with van der Waals surface area (Å²) in [5.74, 6) is 0.678. The molecule has 1 aliphatic heterocycles. The van der Waals surface area contributed by atoms with Gasteiger partial charge in [0.25, 0.3) is 5.91 Å². The van der Waals surface area contributed by atoms with Crippen LogP contribution in [0.15, 0.2) is 30.7 Å². The fraction of sp³-hybridized carbons (Fsp3) is 0.625. The minimum atomic E-state index is -0.123. The van der Waals surface area contributed by atoms with E-state index in [0.717, 1.165) is 63.7 Å². The molecular weight excluding hydrogens is 447 g/mol. The lowest BCUT2D eigenvalue weighted by Crippen LogP contribution is -2.46. The SMILES string of the molecule is O=C(NCCCCC1CCN(C(=O)C2CC(Cl)CCC2Cl)CC1)c1ccc2nccn2c1. The molecule has 0 bridgehead atoms. The second kappa shape index (κ2) is 10.9. The standard InChI is InChI=1S/C24H32Cl2N4O2/c25-19-5-6-21(26)20(15-19)24(32)29-12-8-17(9-13-29)3-1-2-10-28-23(31)18-4-7-22-27-11-14-30(22)16-18/h4,7,11,14,16-17,19-21H,1-3,5-6,8-10,12-13,15H2,(H,28,31). The van der Waals surface area contributed by atoms with Gasteiger partial charge in [0.05, 0.1) is 11.5 Å². The predicted octanol–water partition coefficient (Wildman–Crippen LogP) is 4.49. The van der Waals surface area contributed by atoms with Crippen molar-refractivity contribution in [2.45, 2.75) is 62.1 Å². The zero-order chi connectivity index (χ0) is 22.5. The molecule has 3 unspecified atom stereocenters. The number of carbonyl (C=O) groups is 2. The van der Waals surface area contributed by atoms with Crippen molar-refractivity contribution in [3.63, 3.8) is 0 Å². The molecule has 174 valence electrons. The second-order valence-corrected chi connectivity index (χ2v) is 10.3. The van der Waals surface area contributed by atoms with Gasteiger partial charge in [0, 0.05) is 49.0 Å². The smallest absolute Gasteiger partial charge is 0.252 e. The molecule has 1 saturated heterocycles. The van der Waals surface area contributed by atoms with Crippen LogP contribution < -0.4 is 5.32 Å². The van der Waals surface area contributed by atoms with Crippen molar-refractivity contribution in [3.05, 3.63) is 36.3 Å². The topological polar surface area (TPSA) is 66.7 Å². The number of rotatable bonds is 7. The minimum absolute atomic E-state index is 0.0492. The van der Waals surface area contributed by atoms with Crippen molar-refractivity contribution < 1.29 is 9.59 Å². The Morgan fingerprint density at radius 1 is 1.09 bits per heavy atom. The van der Waals surface area contributed by atoms with E-state index in [9.17, 15) is 9.59 Å². The molecule has 8 heteroatoms. The molecule has 2 aliphatic rings. The normalized spacial score (nSPS) is 24.6. The Hall–Kier alpha value is -1.79. The molecule has 3 heterocycles. The highest BCUT2D eigenvalue weighted by molar-refractivity contribution is 6.23. The molecule has 0 spiro atoms. The van der Waals surface area contributed by atoms with E-state index in [4.69, 9.17) is 23.2 Å². The van der Waals surface area contributed by atoms with Gasteiger partial charge in [0.1, 0.15) is 5.65 Å². The van der Waals surface area contributed by atoms with Crippen molar-refractivity contribution >= 4 is 40.7 Å². The number of halogens is 2. The number of imidazole rings is 1. The van der Waals surface area contributed by atoms with Crippen LogP contribution in [0, 0.1) is 11.8 Å². The molecule has 2 aromatic heterocycles. The van der Waals surface area contributed by atoms with E-state index in [1.54, 1.807) is 18.5 Å². The Balaban J connectivity index is 1.12. The molecule has 3 atom stereocenters. The maximum atomic E-state index is 12.9. The van der Waals surface area contributed by atoms with Crippen LogP contribution in [0.4, 0.5) is 0 Å². The van der Waals surface area contributed by atoms with E-state index in [2.05, 4.69) is 10.3 Å². The van der Waals surface area contributed by atoms with E-state index in [0.29, 0.717) is 24.4 Å². The highest BCUT2D eigenvalue weighted by Crippen LogP contribution is 2.34. The maximum absolute atomic E-state index is 12.9. The highest BCUT2D eigenvalue weighted by Gasteiger charge is 2.36. The van der Waals surface area contributed by atoms with Crippen LogP contribution in [0.5, 0.6) is 0 Å². The van der Waals surface area contributed by atoms with Crippen LogP contribution >= 0.6 is 23.2 Å². The van der Waals surface area contributed by atoms with Crippen LogP contribution in [0.25, 0.3) is 5.65 Å². The molecule has 2 fully saturated rings. The fourth-order valence-electron chi connectivity index (χ4n) is 4.93. The number of hydrogen-bond donors (Lipinski definition) is 1. The largest absolute Gasteiger partial charge is 0.352 e. The molecule has 2 amide bonds. The molecule has 0 radical (unpaired) electrons. The summed E-state index contributed by atoms with van der Waals surface area (Å²) < 4.78 is 1.85. The van der Waals surface area contributed by atoms with Crippen molar-refractivity contribution in [1.29, 1.82) is 0 Å². The first-order chi connectivity index (χ1) is 15.5. The summed E-state index contributed by atoms with van der Waals surface area (Å²) in [5.41, 5.74) is 1.48. The third-order valence-corrected chi connectivity index (χ3v) is 7.84. The Labute approximate surface area is 199 Å². The molecule has 0 aromatic carbocycles. The minimum Gasteiger partial charge on any atom is -0.352 e. The summed E-state index contributed by atoms with van der Waals surface area (Å²) in [5, 5.41) is 3.01. The van der Waals surface area contributed by atoms with Crippen LogP contribution in [-0.2, 0) is 4.79 Å². The molecule has 32 heavy (non-hydrogen) atoms. The van der Waals surface area contributed by atoms with E-state index < -0.39 is 0 Å². The first-order valence-corrected chi connectivity index (χ1v) is 12.7. The number of unbranched alkanes of at least 4 members (excludes halogenated alkanes) is 1. The van der Waals surface area contributed by atoms with Gasteiger partial charge < -0.3 is 14.6 Å². The monoisotopic (exact) mass is 478 g/mol. The fourth-order valence-corrected chi connectivity index (χ4v) is 5.59. The molecule has 4 rings (SSSR count). The summed E-state index contributed by atoms with van der Waals surface area (Å²) in [6.07, 6.45) is 13.1. The lowest BCUT2D eigenvalue weighted by Gasteiger charge is -2.37. The summed E-state index contributed by atoms with van der Waals surface area (Å²) >= 11 is 12.7. The number of nitrogens with one attached hydrogen (secondary N) is 1. The number of carbonyl (C=O) groups excluding carboxylic acids is 2.